The van der Waals surface area contributed by atoms with Gasteiger partial charge in [-0.15, -0.1) is 0 Å². The van der Waals surface area contributed by atoms with Gasteiger partial charge in [-0.25, -0.2) is 0 Å². The van der Waals surface area contributed by atoms with Crippen LogP contribution in [-0.2, 0) is 0 Å². The van der Waals surface area contributed by atoms with Crippen molar-refractivity contribution in [2.75, 3.05) is 52.1 Å². The summed E-state index contributed by atoms with van der Waals surface area (Å²) >= 11 is 2.11. The molecule has 1 N–H and O–H groups in total. The number of hydrogen-bond acceptors (Lipinski definition) is 3. The SMILES string of the molecule is CCC1CN(C(=NC)NCC(C)CN2CCCC2)CCS1. The van der Waals surface area contributed by atoms with Crippen molar-refractivity contribution in [2.24, 2.45) is 10.9 Å². The summed E-state index contributed by atoms with van der Waals surface area (Å²) in [7, 11) is 1.91. The van der Waals surface area contributed by atoms with Crippen molar-refractivity contribution in [2.45, 2.75) is 38.4 Å². The van der Waals surface area contributed by atoms with E-state index in [0.717, 1.165) is 30.8 Å². The highest BCUT2D eigenvalue weighted by Crippen LogP contribution is 2.21. The lowest BCUT2D eigenvalue weighted by Gasteiger charge is -2.34. The van der Waals surface area contributed by atoms with Crippen LogP contribution in [-0.4, -0.2) is 73.1 Å². The lowest BCUT2D eigenvalue weighted by atomic mass is 10.1. The molecule has 21 heavy (non-hydrogen) atoms. The van der Waals surface area contributed by atoms with E-state index in [9.17, 15) is 0 Å². The Bertz CT molecular complexity index is 328. The summed E-state index contributed by atoms with van der Waals surface area (Å²) in [5.74, 6) is 3.01. The zero-order valence-electron chi connectivity index (χ0n) is 14.0. The first-order valence-corrected chi connectivity index (χ1v) is 9.57. The predicted octanol–water partition coefficient (Wildman–Crippen LogP) is 2.12. The molecule has 0 bridgehead atoms. The topological polar surface area (TPSA) is 30.9 Å². The molecule has 2 saturated heterocycles. The molecule has 2 fully saturated rings. The third kappa shape index (κ3) is 5.37. The summed E-state index contributed by atoms with van der Waals surface area (Å²) in [5.41, 5.74) is 0. The van der Waals surface area contributed by atoms with Crippen LogP contribution in [0.2, 0.25) is 0 Å². The summed E-state index contributed by atoms with van der Waals surface area (Å²) in [6, 6.07) is 0. The zero-order chi connectivity index (χ0) is 15.1. The minimum atomic E-state index is 0.681. The van der Waals surface area contributed by atoms with Crippen LogP contribution in [0, 0.1) is 5.92 Å². The van der Waals surface area contributed by atoms with E-state index in [1.165, 1.54) is 44.6 Å². The van der Waals surface area contributed by atoms with E-state index in [2.05, 4.69) is 45.7 Å². The minimum Gasteiger partial charge on any atom is -0.356 e. The van der Waals surface area contributed by atoms with E-state index in [1.807, 2.05) is 7.05 Å². The van der Waals surface area contributed by atoms with E-state index in [1.54, 1.807) is 0 Å². The molecule has 0 aliphatic carbocycles. The maximum atomic E-state index is 4.49. The fourth-order valence-electron chi connectivity index (χ4n) is 3.23. The highest BCUT2D eigenvalue weighted by molar-refractivity contribution is 8.00. The number of thioether (sulfide) groups is 1. The Balaban J connectivity index is 1.73. The molecule has 0 radical (unpaired) electrons. The highest BCUT2D eigenvalue weighted by atomic mass is 32.2. The predicted molar refractivity (Wildman–Crippen MR) is 94.3 cm³/mol. The van der Waals surface area contributed by atoms with Crippen molar-refractivity contribution in [1.29, 1.82) is 0 Å². The van der Waals surface area contributed by atoms with E-state index in [4.69, 9.17) is 0 Å². The van der Waals surface area contributed by atoms with Crippen molar-refractivity contribution in [1.82, 2.24) is 15.1 Å². The summed E-state index contributed by atoms with van der Waals surface area (Å²) in [6.07, 6.45) is 4.01. The van der Waals surface area contributed by atoms with Crippen LogP contribution in [0.3, 0.4) is 0 Å². The summed E-state index contributed by atoms with van der Waals surface area (Å²) in [6.45, 7) is 11.7. The monoisotopic (exact) mass is 312 g/mol. The minimum absolute atomic E-state index is 0.681. The lowest BCUT2D eigenvalue weighted by molar-refractivity contribution is 0.285. The van der Waals surface area contributed by atoms with Gasteiger partial charge in [-0.2, -0.15) is 11.8 Å². The third-order valence-electron chi connectivity index (χ3n) is 4.48. The van der Waals surface area contributed by atoms with E-state index >= 15 is 0 Å². The quantitative estimate of drug-likeness (QED) is 0.622. The Labute approximate surface area is 134 Å². The van der Waals surface area contributed by atoms with Crippen molar-refractivity contribution in [3.05, 3.63) is 0 Å². The molecule has 0 aromatic carbocycles. The standard InChI is InChI=1S/C16H32N4S/c1-4-15-13-20(9-10-21-15)16(17-3)18-11-14(2)12-19-7-5-6-8-19/h14-15H,4-13H2,1-3H3,(H,17,18). The van der Waals surface area contributed by atoms with E-state index < -0.39 is 0 Å². The van der Waals surface area contributed by atoms with Crippen LogP contribution in [0.4, 0.5) is 0 Å². The van der Waals surface area contributed by atoms with Gasteiger partial charge in [-0.3, -0.25) is 4.99 Å². The molecular formula is C16H32N4S. The van der Waals surface area contributed by atoms with Gasteiger partial charge in [0.2, 0.25) is 0 Å². The van der Waals surface area contributed by atoms with Crippen molar-refractivity contribution in [3.8, 4) is 0 Å². The number of likely N-dealkylation sites (tertiary alicyclic amines) is 1. The second kappa shape index (κ2) is 8.89. The average molecular weight is 313 g/mol. The van der Waals surface area contributed by atoms with Crippen molar-refractivity contribution in [3.63, 3.8) is 0 Å². The molecule has 0 saturated carbocycles. The Hall–Kier alpha value is -0.420. The van der Waals surface area contributed by atoms with Gasteiger partial charge in [-0.1, -0.05) is 13.8 Å². The first-order chi connectivity index (χ1) is 10.2. The smallest absolute Gasteiger partial charge is 0.193 e. The summed E-state index contributed by atoms with van der Waals surface area (Å²) < 4.78 is 0. The molecule has 2 aliphatic heterocycles. The number of guanidine groups is 1. The maximum absolute atomic E-state index is 4.49. The number of aliphatic imine (C=N–C) groups is 1. The number of hydrogen-bond donors (Lipinski definition) is 1. The van der Waals surface area contributed by atoms with Crippen LogP contribution in [0.5, 0.6) is 0 Å². The van der Waals surface area contributed by atoms with Crippen LogP contribution in [0.25, 0.3) is 0 Å². The van der Waals surface area contributed by atoms with E-state index in [0.29, 0.717) is 5.92 Å². The van der Waals surface area contributed by atoms with Gasteiger partial charge in [-0.05, 0) is 38.3 Å². The third-order valence-corrected chi connectivity index (χ3v) is 5.85. The Morgan fingerprint density at radius 3 is 2.76 bits per heavy atom. The fourth-order valence-corrected chi connectivity index (χ4v) is 4.41. The number of nitrogens with one attached hydrogen (secondary N) is 1. The van der Waals surface area contributed by atoms with Gasteiger partial charge < -0.3 is 15.1 Å². The fraction of sp³-hybridized carbons (Fsp3) is 0.938. The Morgan fingerprint density at radius 1 is 1.33 bits per heavy atom. The lowest BCUT2D eigenvalue weighted by Crippen LogP contribution is -2.49. The zero-order valence-corrected chi connectivity index (χ0v) is 14.8. The average Bonchev–Trinajstić information content (AvgIpc) is 3.01. The largest absolute Gasteiger partial charge is 0.356 e. The Kier molecular flexibility index (Phi) is 7.17. The molecule has 0 aromatic rings. The van der Waals surface area contributed by atoms with Crippen LogP contribution < -0.4 is 5.32 Å². The van der Waals surface area contributed by atoms with Crippen molar-refractivity contribution < 1.29 is 0 Å². The molecule has 2 unspecified atom stereocenters. The molecule has 2 heterocycles. The molecule has 122 valence electrons. The normalized spacial score (nSPS) is 26.1. The van der Waals surface area contributed by atoms with Gasteiger partial charge in [0, 0.05) is 44.2 Å². The molecule has 0 spiro atoms. The van der Waals surface area contributed by atoms with Crippen LogP contribution >= 0.6 is 11.8 Å². The van der Waals surface area contributed by atoms with Gasteiger partial charge in [0.25, 0.3) is 0 Å². The van der Waals surface area contributed by atoms with E-state index in [-0.39, 0.29) is 0 Å². The highest BCUT2D eigenvalue weighted by Gasteiger charge is 2.22. The second-order valence-corrected chi connectivity index (χ2v) is 7.80. The number of rotatable bonds is 5. The summed E-state index contributed by atoms with van der Waals surface area (Å²) in [5, 5.41) is 4.36. The molecule has 0 aromatic heterocycles. The van der Waals surface area contributed by atoms with Crippen LogP contribution in [0.15, 0.2) is 4.99 Å². The maximum Gasteiger partial charge on any atom is 0.193 e. The molecule has 2 aliphatic rings. The molecule has 4 nitrogen and oxygen atoms in total. The van der Waals surface area contributed by atoms with Gasteiger partial charge in [0.1, 0.15) is 0 Å². The van der Waals surface area contributed by atoms with Gasteiger partial charge >= 0.3 is 0 Å². The molecular weight excluding hydrogens is 280 g/mol. The van der Waals surface area contributed by atoms with Gasteiger partial charge in [0.15, 0.2) is 5.96 Å². The first kappa shape index (κ1) is 16.9. The van der Waals surface area contributed by atoms with Crippen LogP contribution in [0.1, 0.15) is 33.1 Å². The second-order valence-electron chi connectivity index (χ2n) is 6.39. The molecule has 2 rings (SSSR count). The van der Waals surface area contributed by atoms with Gasteiger partial charge in [0.05, 0.1) is 0 Å². The summed E-state index contributed by atoms with van der Waals surface area (Å²) in [4.78, 5) is 9.53. The first-order valence-electron chi connectivity index (χ1n) is 8.52. The molecule has 5 heteroatoms. The number of nitrogens with zero attached hydrogens (tertiary/aromatic N) is 3. The Morgan fingerprint density at radius 2 is 2.10 bits per heavy atom. The van der Waals surface area contributed by atoms with Crippen molar-refractivity contribution >= 4 is 17.7 Å². The molecule has 2 atom stereocenters. The molecule has 0 amide bonds.